The third-order valence-corrected chi connectivity index (χ3v) is 12.2. The first kappa shape index (κ1) is 31.9. The number of anilines is 1. The van der Waals surface area contributed by atoms with Crippen molar-refractivity contribution in [1.82, 2.24) is 4.72 Å². The van der Waals surface area contributed by atoms with Gasteiger partial charge >= 0.3 is 5.97 Å². The van der Waals surface area contributed by atoms with Crippen molar-refractivity contribution in [1.29, 1.82) is 0 Å². The number of fused-ring (bicyclic) bond motifs is 4. The first-order valence-electron chi connectivity index (χ1n) is 15.8. The number of rotatable bonds is 3. The molecule has 2 aromatic carbocycles. The highest BCUT2D eigenvalue weighted by Crippen LogP contribution is 2.47. The molecule has 9 nitrogen and oxygen atoms in total. The van der Waals surface area contributed by atoms with Crippen molar-refractivity contribution in [3.05, 3.63) is 70.3 Å². The number of benzene rings is 2. The van der Waals surface area contributed by atoms with Crippen molar-refractivity contribution in [3.8, 4) is 5.75 Å². The standard InChI is InChI=1S/C34H41ClN2O7S/c1-42-30-8-4-3-7-26(18-32(38)43-2)45(40,41)36-33(39)23-10-14-31-29(17-23)37(19-24-9-12-27(24)30)20-34(21-44-31)15-5-6-22-16-25(35)11-13-28(22)34/h4,8,10-11,13-14,16-17,24,26-27,30H,3,5-7,9,12,15,18-21H2,1-2H3,(H,36,39)/b8-4-/t24-,26+,27+,30-,34-/m0/s1. The average Bonchev–Trinajstić information content (AvgIpc) is 3.15. The van der Waals surface area contributed by atoms with Crippen LogP contribution in [-0.4, -0.2) is 65.6 Å². The van der Waals surface area contributed by atoms with Gasteiger partial charge in [0.05, 0.1) is 37.2 Å². The van der Waals surface area contributed by atoms with Crippen LogP contribution in [0.3, 0.4) is 0 Å². The van der Waals surface area contributed by atoms with Crippen molar-refractivity contribution >= 4 is 39.2 Å². The zero-order valence-electron chi connectivity index (χ0n) is 25.8. The van der Waals surface area contributed by atoms with Gasteiger partial charge < -0.3 is 19.1 Å². The number of esters is 1. The van der Waals surface area contributed by atoms with Crippen molar-refractivity contribution in [2.45, 2.75) is 68.1 Å². The first-order valence-corrected chi connectivity index (χ1v) is 17.7. The highest BCUT2D eigenvalue weighted by molar-refractivity contribution is 7.90. The number of halogens is 1. The van der Waals surface area contributed by atoms with Crippen LogP contribution in [0.1, 0.15) is 66.4 Å². The fourth-order valence-corrected chi connectivity index (χ4v) is 9.15. The third-order valence-electron chi connectivity index (χ3n) is 10.2. The summed E-state index contributed by atoms with van der Waals surface area (Å²) in [6.07, 6.45) is 9.05. The summed E-state index contributed by atoms with van der Waals surface area (Å²) in [7, 11) is -1.27. The van der Waals surface area contributed by atoms with Gasteiger partial charge in [0.2, 0.25) is 10.0 Å². The van der Waals surface area contributed by atoms with Gasteiger partial charge in [0.1, 0.15) is 5.75 Å². The summed E-state index contributed by atoms with van der Waals surface area (Å²) in [5, 5.41) is -0.409. The molecule has 0 saturated heterocycles. The zero-order valence-corrected chi connectivity index (χ0v) is 27.4. The number of nitrogens with one attached hydrogen (secondary N) is 1. The Morgan fingerprint density at radius 2 is 2.00 bits per heavy atom. The smallest absolute Gasteiger partial charge is 0.306 e. The minimum Gasteiger partial charge on any atom is -0.490 e. The van der Waals surface area contributed by atoms with E-state index in [0.717, 1.165) is 49.4 Å². The summed E-state index contributed by atoms with van der Waals surface area (Å²) in [5.74, 6) is -0.0829. The molecule has 1 spiro atoms. The molecule has 1 saturated carbocycles. The molecular weight excluding hydrogens is 616 g/mol. The van der Waals surface area contributed by atoms with Crippen LogP contribution in [0.4, 0.5) is 5.69 Å². The number of carbonyl (C=O) groups is 2. The Morgan fingerprint density at radius 3 is 2.76 bits per heavy atom. The lowest BCUT2D eigenvalue weighted by atomic mass is 9.68. The van der Waals surface area contributed by atoms with E-state index in [0.29, 0.717) is 37.2 Å². The largest absolute Gasteiger partial charge is 0.490 e. The van der Waals surface area contributed by atoms with E-state index < -0.39 is 27.1 Å². The summed E-state index contributed by atoms with van der Waals surface area (Å²) in [6, 6.07) is 11.3. The highest BCUT2D eigenvalue weighted by atomic mass is 35.5. The van der Waals surface area contributed by atoms with E-state index in [4.69, 9.17) is 25.8 Å². The molecule has 6 rings (SSSR count). The summed E-state index contributed by atoms with van der Waals surface area (Å²) < 4.78 is 46.4. The summed E-state index contributed by atoms with van der Waals surface area (Å²) in [4.78, 5) is 28.0. The first-order chi connectivity index (χ1) is 21.6. The van der Waals surface area contributed by atoms with Gasteiger partial charge in [-0.15, -0.1) is 0 Å². The number of carbonyl (C=O) groups excluding carboxylic acids is 2. The van der Waals surface area contributed by atoms with Crippen LogP contribution in [0.15, 0.2) is 48.6 Å². The number of allylic oxidation sites excluding steroid dienone is 1. The van der Waals surface area contributed by atoms with Gasteiger partial charge in [-0.3, -0.25) is 9.59 Å². The van der Waals surface area contributed by atoms with Gasteiger partial charge in [-0.05, 0) is 98.2 Å². The zero-order chi connectivity index (χ0) is 31.8. The Hall–Kier alpha value is -3.08. The molecule has 2 bridgehead atoms. The molecule has 0 radical (unpaired) electrons. The van der Waals surface area contributed by atoms with Crippen LogP contribution < -0.4 is 14.4 Å². The lowest BCUT2D eigenvalue weighted by Crippen LogP contribution is -2.49. The second-order valence-electron chi connectivity index (χ2n) is 12.9. The summed E-state index contributed by atoms with van der Waals surface area (Å²) >= 11 is 6.40. The maximum atomic E-state index is 13.5. The van der Waals surface area contributed by atoms with Crippen LogP contribution in [0.25, 0.3) is 0 Å². The van der Waals surface area contributed by atoms with Gasteiger partial charge in [-0.1, -0.05) is 29.8 Å². The monoisotopic (exact) mass is 656 g/mol. The Balaban J connectivity index is 1.41. The Bertz CT molecular complexity index is 1590. The average molecular weight is 657 g/mol. The Morgan fingerprint density at radius 1 is 1.16 bits per heavy atom. The number of hydrogen-bond acceptors (Lipinski definition) is 8. The predicted octanol–water partition coefficient (Wildman–Crippen LogP) is 5.20. The van der Waals surface area contributed by atoms with E-state index in [1.807, 2.05) is 18.2 Å². The molecular formula is C34H41ClN2O7S. The van der Waals surface area contributed by atoms with E-state index in [9.17, 15) is 18.0 Å². The lowest BCUT2D eigenvalue weighted by molar-refractivity contribution is -0.140. The van der Waals surface area contributed by atoms with Crippen molar-refractivity contribution in [3.63, 3.8) is 0 Å². The number of ether oxygens (including phenoxy) is 3. The fraction of sp³-hybridized carbons (Fsp3) is 0.529. The van der Waals surface area contributed by atoms with Gasteiger partial charge in [0.25, 0.3) is 5.91 Å². The molecule has 2 aliphatic heterocycles. The molecule has 1 amide bonds. The molecule has 242 valence electrons. The number of sulfonamides is 1. The summed E-state index contributed by atoms with van der Waals surface area (Å²) in [5.41, 5.74) is 3.20. The van der Waals surface area contributed by atoms with Crippen molar-refractivity contribution < 1.29 is 32.2 Å². The molecule has 0 aromatic heterocycles. The number of hydrogen-bond donors (Lipinski definition) is 1. The third kappa shape index (κ3) is 6.46. The van der Waals surface area contributed by atoms with Crippen molar-refractivity contribution in [2.24, 2.45) is 11.8 Å². The van der Waals surface area contributed by atoms with E-state index in [1.165, 1.54) is 18.2 Å². The van der Waals surface area contributed by atoms with Crippen LogP contribution in [0.5, 0.6) is 5.75 Å². The Labute approximate surface area is 270 Å². The Kier molecular flexibility index (Phi) is 9.19. The van der Waals surface area contributed by atoms with E-state index in [2.05, 4.69) is 21.8 Å². The highest BCUT2D eigenvalue weighted by Gasteiger charge is 2.44. The second kappa shape index (κ2) is 13.0. The maximum absolute atomic E-state index is 13.5. The van der Waals surface area contributed by atoms with Gasteiger partial charge in [-0.2, -0.15) is 0 Å². The molecule has 2 aliphatic carbocycles. The minimum atomic E-state index is -4.20. The molecule has 4 aliphatic rings. The quantitative estimate of drug-likeness (QED) is 0.355. The van der Waals surface area contributed by atoms with E-state index in [-0.39, 0.29) is 29.9 Å². The molecule has 11 heteroatoms. The predicted molar refractivity (Wildman–Crippen MR) is 172 cm³/mol. The molecule has 1 fully saturated rings. The number of methoxy groups -OCH3 is 2. The van der Waals surface area contributed by atoms with Crippen LogP contribution in [0, 0.1) is 11.8 Å². The number of amides is 1. The van der Waals surface area contributed by atoms with Gasteiger partial charge in [-0.25, -0.2) is 13.1 Å². The second-order valence-corrected chi connectivity index (χ2v) is 15.3. The topological polar surface area (TPSA) is 111 Å². The van der Waals surface area contributed by atoms with Crippen molar-refractivity contribution in [2.75, 3.05) is 38.8 Å². The number of aryl methyl sites for hydroxylation is 1. The van der Waals surface area contributed by atoms with E-state index >= 15 is 0 Å². The van der Waals surface area contributed by atoms with Crippen LogP contribution in [0.2, 0.25) is 5.02 Å². The van der Waals surface area contributed by atoms with E-state index in [1.54, 1.807) is 25.3 Å². The fourth-order valence-electron chi connectivity index (χ4n) is 7.61. The molecule has 0 unspecified atom stereocenters. The molecule has 45 heavy (non-hydrogen) atoms. The lowest BCUT2D eigenvalue weighted by Gasteiger charge is -2.46. The molecule has 2 aromatic rings. The molecule has 2 heterocycles. The summed E-state index contributed by atoms with van der Waals surface area (Å²) in [6.45, 7) is 1.93. The SMILES string of the molecule is COC(=O)C[C@H]1CC/C=C\[C@H](OC)[C@@H]2CC[C@H]2CN2C[C@@]3(CCCc4cc(Cl)ccc43)COc3ccc(cc32)C(=O)NS1(=O)=O. The van der Waals surface area contributed by atoms with Crippen LogP contribution >= 0.6 is 11.6 Å². The minimum absolute atomic E-state index is 0.118. The number of nitrogens with zero attached hydrogens (tertiary/aromatic N) is 1. The van der Waals surface area contributed by atoms with Gasteiger partial charge in [0, 0.05) is 36.2 Å². The van der Waals surface area contributed by atoms with Crippen LogP contribution in [-0.2, 0) is 36.1 Å². The van der Waals surface area contributed by atoms with Gasteiger partial charge in [0.15, 0.2) is 0 Å². The molecule has 1 N–H and O–H groups in total. The maximum Gasteiger partial charge on any atom is 0.306 e. The molecule has 5 atom stereocenters. The normalized spacial score (nSPS) is 30.0.